The summed E-state index contributed by atoms with van der Waals surface area (Å²) >= 11 is 0. The van der Waals surface area contributed by atoms with Crippen LogP contribution in [0.3, 0.4) is 0 Å². The third kappa shape index (κ3) is 4.53. The maximum atomic E-state index is 15.0. The molecule has 0 N–H and O–H groups in total. The smallest absolute Gasteiger partial charge is 0.186 e. The van der Waals surface area contributed by atoms with Crippen molar-refractivity contribution in [3.05, 3.63) is 115 Å². The molecule has 5 nitrogen and oxygen atoms in total. The van der Waals surface area contributed by atoms with Gasteiger partial charge in [-0.2, -0.15) is 5.10 Å². The average Bonchev–Trinajstić information content (AvgIpc) is 3.51. The van der Waals surface area contributed by atoms with E-state index in [2.05, 4.69) is 24.8 Å². The number of nitrogens with zero attached hydrogens (tertiary/aromatic N) is 4. The highest BCUT2D eigenvalue weighted by Gasteiger charge is 2.20. The van der Waals surface area contributed by atoms with Crippen LogP contribution in [0.15, 0.2) is 104 Å². The summed E-state index contributed by atoms with van der Waals surface area (Å²) in [5.41, 5.74) is 5.52. The summed E-state index contributed by atoms with van der Waals surface area (Å²) in [6, 6.07) is 17.0. The van der Waals surface area contributed by atoms with Crippen LogP contribution >= 0.6 is 0 Å². The van der Waals surface area contributed by atoms with E-state index in [1.807, 2.05) is 72.2 Å². The third-order valence-electron chi connectivity index (χ3n) is 5.94. The van der Waals surface area contributed by atoms with E-state index in [0.29, 0.717) is 31.1 Å². The second kappa shape index (κ2) is 9.83. The van der Waals surface area contributed by atoms with Crippen LogP contribution in [0.5, 0.6) is 0 Å². The van der Waals surface area contributed by atoms with Crippen LogP contribution in [0.2, 0.25) is 0 Å². The number of hydrogen-bond acceptors (Lipinski definition) is 4. The molecular formula is C28H29FN4O. The maximum Gasteiger partial charge on any atom is 0.186 e. The van der Waals surface area contributed by atoms with E-state index >= 15 is 4.39 Å². The number of ether oxygens (including phenoxy) is 1. The van der Waals surface area contributed by atoms with Gasteiger partial charge in [-0.05, 0) is 60.5 Å². The molecule has 3 aromatic rings. The minimum absolute atomic E-state index is 0.321. The highest BCUT2D eigenvalue weighted by molar-refractivity contribution is 5.80. The average molecular weight is 457 g/mol. The summed E-state index contributed by atoms with van der Waals surface area (Å²) in [6.07, 6.45) is 4.37. The van der Waals surface area contributed by atoms with Crippen LogP contribution in [-0.4, -0.2) is 30.0 Å². The van der Waals surface area contributed by atoms with Crippen LogP contribution in [0.1, 0.15) is 19.0 Å². The van der Waals surface area contributed by atoms with Crippen LogP contribution in [0, 0.1) is 5.82 Å². The molecule has 2 heterocycles. The van der Waals surface area contributed by atoms with Gasteiger partial charge < -0.3 is 14.5 Å². The van der Waals surface area contributed by atoms with E-state index in [9.17, 15) is 0 Å². The molecule has 1 fully saturated rings. The molecule has 1 aromatic heterocycles. The standard InChI is InChI=1S/C28H29FN4O/c1-6-23(20(2)21(3)27-14-15-30-33(27)24-10-8-7-9-11-24)19-31(5)28-13-12-25(18-26(28)29)32-16-17-34-22(32)4/h7-15,18-19H,2-4,6,16-17H2,1,5H3/b23-19-. The van der Waals surface area contributed by atoms with Crippen LogP contribution < -0.4 is 9.80 Å². The Morgan fingerprint density at radius 2 is 1.91 bits per heavy atom. The lowest BCUT2D eigenvalue weighted by molar-refractivity contribution is 0.270. The van der Waals surface area contributed by atoms with Gasteiger partial charge in [-0.15, -0.1) is 0 Å². The number of allylic oxidation sites excluding steroid dienone is 3. The van der Waals surface area contributed by atoms with Gasteiger partial charge in [0.25, 0.3) is 0 Å². The Kier molecular flexibility index (Phi) is 6.68. The molecule has 4 rings (SSSR count). The zero-order valence-electron chi connectivity index (χ0n) is 19.7. The molecule has 0 radical (unpaired) electrons. The summed E-state index contributed by atoms with van der Waals surface area (Å²) < 4.78 is 22.3. The molecule has 6 heteroatoms. The minimum atomic E-state index is -0.321. The zero-order valence-corrected chi connectivity index (χ0v) is 19.7. The van der Waals surface area contributed by atoms with Crippen molar-refractivity contribution in [1.29, 1.82) is 0 Å². The number of halogens is 1. The van der Waals surface area contributed by atoms with Gasteiger partial charge in [0.15, 0.2) is 5.88 Å². The fourth-order valence-electron chi connectivity index (χ4n) is 4.02. The fraction of sp³-hybridized carbons (Fsp3) is 0.179. The Balaban J connectivity index is 1.56. The van der Waals surface area contributed by atoms with E-state index in [4.69, 9.17) is 4.74 Å². The SMILES string of the molecule is C=C(C(=C)c1ccnn1-c1ccccc1)/C(=C\N(C)c1ccc(N2CCOC2=C)cc1F)CC. The highest BCUT2D eigenvalue weighted by atomic mass is 19.1. The van der Waals surface area contributed by atoms with Crippen LogP contribution in [0.25, 0.3) is 11.3 Å². The van der Waals surface area contributed by atoms with Gasteiger partial charge in [-0.3, -0.25) is 0 Å². The number of benzene rings is 2. The Hall–Kier alpha value is -4.06. The predicted octanol–water partition coefficient (Wildman–Crippen LogP) is 6.32. The lowest BCUT2D eigenvalue weighted by Crippen LogP contribution is -2.17. The first-order valence-corrected chi connectivity index (χ1v) is 11.2. The lowest BCUT2D eigenvalue weighted by atomic mass is 9.97. The lowest BCUT2D eigenvalue weighted by Gasteiger charge is -2.22. The van der Waals surface area contributed by atoms with Crippen LogP contribution in [0.4, 0.5) is 15.8 Å². The van der Waals surface area contributed by atoms with Crippen molar-refractivity contribution in [2.45, 2.75) is 13.3 Å². The van der Waals surface area contributed by atoms with E-state index in [-0.39, 0.29) is 5.82 Å². The first-order valence-electron chi connectivity index (χ1n) is 11.2. The maximum absolute atomic E-state index is 15.0. The number of hydrogen-bond donors (Lipinski definition) is 0. The van der Waals surface area contributed by atoms with Gasteiger partial charge in [-0.1, -0.05) is 38.3 Å². The molecule has 0 spiro atoms. The van der Waals surface area contributed by atoms with E-state index in [0.717, 1.165) is 33.8 Å². The topological polar surface area (TPSA) is 33.5 Å². The van der Waals surface area contributed by atoms with E-state index < -0.39 is 0 Å². The summed E-state index contributed by atoms with van der Waals surface area (Å²) in [5, 5.41) is 4.46. The van der Waals surface area contributed by atoms with Gasteiger partial charge in [0.2, 0.25) is 0 Å². The van der Waals surface area contributed by atoms with Gasteiger partial charge in [0, 0.05) is 24.5 Å². The summed E-state index contributed by atoms with van der Waals surface area (Å²) in [6.45, 7) is 15.7. The number of aromatic nitrogens is 2. The monoisotopic (exact) mass is 456 g/mol. The van der Waals surface area contributed by atoms with Crippen molar-refractivity contribution in [2.24, 2.45) is 0 Å². The predicted molar refractivity (Wildman–Crippen MR) is 137 cm³/mol. The van der Waals surface area contributed by atoms with Gasteiger partial charge >= 0.3 is 0 Å². The van der Waals surface area contributed by atoms with Gasteiger partial charge in [-0.25, -0.2) is 9.07 Å². The van der Waals surface area contributed by atoms with Crippen molar-refractivity contribution < 1.29 is 9.13 Å². The molecule has 1 aliphatic rings. The zero-order chi connectivity index (χ0) is 24.2. The second-order valence-corrected chi connectivity index (χ2v) is 8.07. The van der Waals surface area contributed by atoms with Crippen molar-refractivity contribution in [2.75, 3.05) is 30.0 Å². The Morgan fingerprint density at radius 1 is 1.15 bits per heavy atom. The molecule has 2 aromatic carbocycles. The third-order valence-corrected chi connectivity index (χ3v) is 5.94. The number of rotatable bonds is 8. The molecule has 0 aliphatic carbocycles. The summed E-state index contributed by atoms with van der Waals surface area (Å²) in [7, 11) is 1.83. The number of anilines is 2. The summed E-state index contributed by atoms with van der Waals surface area (Å²) in [4.78, 5) is 3.64. The van der Waals surface area contributed by atoms with Crippen molar-refractivity contribution in [1.82, 2.24) is 9.78 Å². The molecule has 1 aliphatic heterocycles. The molecule has 174 valence electrons. The Bertz CT molecular complexity index is 1260. The second-order valence-electron chi connectivity index (χ2n) is 8.07. The largest absolute Gasteiger partial charge is 0.477 e. The molecule has 0 atom stereocenters. The van der Waals surface area contributed by atoms with E-state index in [1.54, 1.807) is 17.2 Å². The first-order chi connectivity index (χ1) is 16.4. The first kappa shape index (κ1) is 23.1. The summed E-state index contributed by atoms with van der Waals surface area (Å²) in [5.74, 6) is 0.219. The molecular weight excluding hydrogens is 427 g/mol. The molecule has 34 heavy (non-hydrogen) atoms. The molecule has 0 unspecified atom stereocenters. The highest BCUT2D eigenvalue weighted by Crippen LogP contribution is 2.32. The van der Waals surface area contributed by atoms with Crippen LogP contribution in [-0.2, 0) is 4.74 Å². The quantitative estimate of drug-likeness (QED) is 0.372. The van der Waals surface area contributed by atoms with Crippen molar-refractivity contribution in [3.63, 3.8) is 0 Å². The van der Waals surface area contributed by atoms with Crippen molar-refractivity contribution >= 4 is 16.9 Å². The van der Waals surface area contributed by atoms with Gasteiger partial charge in [0.1, 0.15) is 12.4 Å². The normalized spacial score (nSPS) is 13.7. The Labute approximate surface area is 200 Å². The van der Waals surface area contributed by atoms with Gasteiger partial charge in [0.05, 0.1) is 29.8 Å². The molecule has 0 amide bonds. The van der Waals surface area contributed by atoms with Crippen molar-refractivity contribution in [3.8, 4) is 5.69 Å². The fourth-order valence-corrected chi connectivity index (χ4v) is 4.02. The molecule has 0 bridgehead atoms. The molecule has 1 saturated heterocycles. The molecule has 0 saturated carbocycles. The minimum Gasteiger partial charge on any atom is -0.477 e. The number of para-hydroxylation sites is 1. The Morgan fingerprint density at radius 3 is 2.56 bits per heavy atom. The van der Waals surface area contributed by atoms with E-state index in [1.165, 1.54) is 6.07 Å².